The van der Waals surface area contributed by atoms with Crippen molar-refractivity contribution in [2.75, 3.05) is 0 Å². The molecule has 2 nitrogen and oxygen atoms in total. The number of benzene rings is 1. The molecule has 0 spiro atoms. The summed E-state index contributed by atoms with van der Waals surface area (Å²) in [6, 6.07) is 3.38. The fraction of sp³-hybridized carbons (Fsp3) is 0.100. The summed E-state index contributed by atoms with van der Waals surface area (Å²) in [6.45, 7) is 0.289. The van der Waals surface area contributed by atoms with Gasteiger partial charge in [0, 0.05) is 12.3 Å². The molecule has 0 aliphatic carbocycles. The summed E-state index contributed by atoms with van der Waals surface area (Å²) < 4.78 is 28.0. The number of halogens is 4. The molecule has 0 fully saturated rings. The van der Waals surface area contributed by atoms with E-state index in [0.717, 1.165) is 6.07 Å². The highest BCUT2D eigenvalue weighted by Gasteiger charge is 2.05. The van der Waals surface area contributed by atoms with Crippen molar-refractivity contribution in [3.63, 3.8) is 0 Å². The molecule has 1 heterocycles. The zero-order chi connectivity index (χ0) is 11.7. The molecule has 2 aromatic rings. The quantitative estimate of drug-likeness (QED) is 0.755. The van der Waals surface area contributed by atoms with Gasteiger partial charge in [-0.2, -0.15) is 5.10 Å². The molecule has 0 saturated heterocycles. The van der Waals surface area contributed by atoms with Gasteiger partial charge in [-0.3, -0.25) is 4.68 Å². The summed E-state index contributed by atoms with van der Waals surface area (Å²) in [5.41, 5.74) is 0.507. The van der Waals surface area contributed by atoms with Crippen LogP contribution in [0, 0.1) is 15.3 Å². The number of aromatic nitrogens is 2. The van der Waals surface area contributed by atoms with Crippen LogP contribution < -0.4 is 0 Å². The topological polar surface area (TPSA) is 17.8 Å². The van der Waals surface area contributed by atoms with Gasteiger partial charge in [0.2, 0.25) is 0 Å². The number of hydrogen-bond acceptors (Lipinski definition) is 1. The zero-order valence-corrected chi connectivity index (χ0v) is 10.8. The first-order valence-corrected chi connectivity index (χ1v) is 5.83. The Labute approximate surface area is 109 Å². The number of rotatable bonds is 2. The normalized spacial score (nSPS) is 10.8. The molecule has 0 N–H and O–H groups in total. The standard InChI is InChI=1S/C10H6ClF2IN2/c11-9-5-16(15-10(9)14)4-6-1-7(12)3-8(13)2-6/h1-3,5H,4H2. The van der Waals surface area contributed by atoms with Gasteiger partial charge >= 0.3 is 0 Å². The SMILES string of the molecule is Fc1cc(F)cc(Cn2cc(Cl)c(I)n2)c1. The van der Waals surface area contributed by atoms with Gasteiger partial charge in [-0.05, 0) is 40.3 Å². The first-order chi connectivity index (χ1) is 7.54. The van der Waals surface area contributed by atoms with Crippen LogP contribution >= 0.6 is 34.2 Å². The van der Waals surface area contributed by atoms with Gasteiger partial charge in [0.25, 0.3) is 0 Å². The first-order valence-electron chi connectivity index (χ1n) is 4.38. The van der Waals surface area contributed by atoms with Crippen LogP contribution in [-0.2, 0) is 6.54 Å². The van der Waals surface area contributed by atoms with Crippen molar-refractivity contribution < 1.29 is 8.78 Å². The van der Waals surface area contributed by atoms with Gasteiger partial charge < -0.3 is 0 Å². The molecule has 84 valence electrons. The van der Waals surface area contributed by atoms with Crippen molar-refractivity contribution in [2.45, 2.75) is 6.54 Å². The van der Waals surface area contributed by atoms with Crippen molar-refractivity contribution in [1.29, 1.82) is 0 Å². The predicted molar refractivity (Wildman–Crippen MR) is 65.4 cm³/mol. The maximum absolute atomic E-state index is 12.9. The van der Waals surface area contributed by atoms with Crippen LogP contribution in [0.3, 0.4) is 0 Å². The summed E-state index contributed by atoms with van der Waals surface area (Å²) in [6.07, 6.45) is 1.62. The molecule has 1 aromatic heterocycles. The molecular formula is C10H6ClF2IN2. The second kappa shape index (κ2) is 4.67. The summed E-state index contributed by atoms with van der Waals surface area (Å²) in [5, 5.41) is 4.62. The van der Waals surface area contributed by atoms with Crippen LogP contribution in [0.5, 0.6) is 0 Å². The Bertz CT molecular complexity index is 488. The summed E-state index contributed by atoms with van der Waals surface area (Å²) >= 11 is 7.81. The molecule has 0 unspecified atom stereocenters. The first kappa shape index (κ1) is 11.8. The Morgan fingerprint density at radius 1 is 1.25 bits per heavy atom. The summed E-state index contributed by atoms with van der Waals surface area (Å²) in [4.78, 5) is 0. The van der Waals surface area contributed by atoms with E-state index in [2.05, 4.69) is 5.10 Å². The lowest BCUT2D eigenvalue weighted by molar-refractivity contribution is 0.574. The molecule has 16 heavy (non-hydrogen) atoms. The summed E-state index contributed by atoms with van der Waals surface area (Å²) in [7, 11) is 0. The Morgan fingerprint density at radius 3 is 2.38 bits per heavy atom. The van der Waals surface area contributed by atoms with Crippen molar-refractivity contribution in [1.82, 2.24) is 9.78 Å². The fourth-order valence-corrected chi connectivity index (χ4v) is 1.91. The maximum atomic E-state index is 12.9. The lowest BCUT2D eigenvalue weighted by Gasteiger charge is -2.02. The van der Waals surface area contributed by atoms with Crippen LogP contribution in [0.15, 0.2) is 24.4 Å². The average Bonchev–Trinajstić information content (AvgIpc) is 2.43. The second-order valence-electron chi connectivity index (χ2n) is 3.24. The van der Waals surface area contributed by atoms with Crippen molar-refractivity contribution in [2.24, 2.45) is 0 Å². The molecule has 0 saturated carbocycles. The third kappa shape index (κ3) is 2.70. The smallest absolute Gasteiger partial charge is 0.141 e. The van der Waals surface area contributed by atoms with Crippen LogP contribution in [0.4, 0.5) is 8.78 Å². The third-order valence-corrected chi connectivity index (χ3v) is 3.33. The van der Waals surface area contributed by atoms with Crippen LogP contribution in [-0.4, -0.2) is 9.78 Å². The van der Waals surface area contributed by atoms with Crippen molar-refractivity contribution in [3.8, 4) is 0 Å². The highest BCUT2D eigenvalue weighted by molar-refractivity contribution is 14.1. The van der Waals surface area contributed by atoms with E-state index in [-0.39, 0.29) is 6.54 Å². The van der Waals surface area contributed by atoms with E-state index >= 15 is 0 Å². The van der Waals surface area contributed by atoms with Gasteiger partial charge in [-0.25, -0.2) is 8.78 Å². The maximum Gasteiger partial charge on any atom is 0.141 e. The molecule has 0 radical (unpaired) electrons. The number of hydrogen-bond donors (Lipinski definition) is 0. The molecule has 0 aliphatic rings. The molecule has 6 heteroatoms. The molecule has 0 aliphatic heterocycles. The predicted octanol–water partition coefficient (Wildman–Crippen LogP) is 3.47. The van der Waals surface area contributed by atoms with Crippen LogP contribution in [0.25, 0.3) is 0 Å². The molecular weight excluding hydrogens is 348 g/mol. The van der Waals surface area contributed by atoms with E-state index in [0.29, 0.717) is 14.3 Å². The van der Waals surface area contributed by atoms with E-state index in [1.807, 2.05) is 22.6 Å². The van der Waals surface area contributed by atoms with Gasteiger partial charge in [0.15, 0.2) is 0 Å². The Morgan fingerprint density at radius 2 is 1.88 bits per heavy atom. The Balaban J connectivity index is 2.26. The van der Waals surface area contributed by atoms with E-state index in [1.165, 1.54) is 12.1 Å². The highest BCUT2D eigenvalue weighted by atomic mass is 127. The minimum atomic E-state index is -0.594. The molecule has 0 bridgehead atoms. The molecule has 0 atom stereocenters. The molecule has 0 amide bonds. The monoisotopic (exact) mass is 354 g/mol. The minimum absolute atomic E-state index is 0.289. The Hall–Kier alpha value is -0.690. The van der Waals surface area contributed by atoms with Gasteiger partial charge in [-0.1, -0.05) is 11.6 Å². The second-order valence-corrected chi connectivity index (χ2v) is 4.67. The average molecular weight is 355 g/mol. The van der Waals surface area contributed by atoms with Crippen LogP contribution in [0.2, 0.25) is 5.02 Å². The van der Waals surface area contributed by atoms with E-state index in [4.69, 9.17) is 11.6 Å². The van der Waals surface area contributed by atoms with E-state index in [1.54, 1.807) is 10.9 Å². The molecule has 1 aromatic carbocycles. The lowest BCUT2D eigenvalue weighted by Crippen LogP contribution is -2.01. The lowest BCUT2D eigenvalue weighted by atomic mass is 10.2. The van der Waals surface area contributed by atoms with Gasteiger partial charge in [0.1, 0.15) is 15.3 Å². The van der Waals surface area contributed by atoms with Gasteiger partial charge in [0.05, 0.1) is 11.6 Å². The minimum Gasteiger partial charge on any atom is -0.266 e. The van der Waals surface area contributed by atoms with E-state index in [9.17, 15) is 8.78 Å². The third-order valence-electron chi connectivity index (χ3n) is 1.94. The highest BCUT2D eigenvalue weighted by Crippen LogP contribution is 2.17. The summed E-state index contributed by atoms with van der Waals surface area (Å²) in [5.74, 6) is -1.19. The Kier molecular flexibility index (Phi) is 3.44. The molecule has 2 rings (SSSR count). The fourth-order valence-electron chi connectivity index (χ4n) is 1.34. The zero-order valence-electron chi connectivity index (χ0n) is 7.92. The van der Waals surface area contributed by atoms with Crippen molar-refractivity contribution >= 4 is 34.2 Å². The van der Waals surface area contributed by atoms with Crippen molar-refractivity contribution in [3.05, 3.63) is 50.3 Å². The van der Waals surface area contributed by atoms with Crippen LogP contribution in [0.1, 0.15) is 5.56 Å². The number of nitrogens with zero attached hydrogens (tertiary/aromatic N) is 2. The largest absolute Gasteiger partial charge is 0.266 e. The van der Waals surface area contributed by atoms with E-state index < -0.39 is 11.6 Å². The van der Waals surface area contributed by atoms with Gasteiger partial charge in [-0.15, -0.1) is 0 Å².